The minimum atomic E-state index is -0.0185. The van der Waals surface area contributed by atoms with Crippen LogP contribution >= 0.6 is 0 Å². The number of ether oxygens (including phenoxy) is 1. The highest BCUT2D eigenvalue weighted by Gasteiger charge is 2.17. The summed E-state index contributed by atoms with van der Waals surface area (Å²) >= 11 is 0. The molecule has 0 aromatic heterocycles. The van der Waals surface area contributed by atoms with Gasteiger partial charge in [-0.2, -0.15) is 0 Å². The summed E-state index contributed by atoms with van der Waals surface area (Å²) in [4.78, 5) is 10.1. The average molecular weight is 112 g/mol. The van der Waals surface area contributed by atoms with Crippen molar-refractivity contribution >= 4 is 6.29 Å². The Hall–Kier alpha value is -0.790. The summed E-state index contributed by atoms with van der Waals surface area (Å²) in [7, 11) is 0. The number of aldehydes is 1. The van der Waals surface area contributed by atoms with E-state index >= 15 is 0 Å². The van der Waals surface area contributed by atoms with Gasteiger partial charge in [-0.15, -0.1) is 0 Å². The van der Waals surface area contributed by atoms with Crippen molar-refractivity contribution in [2.24, 2.45) is 5.92 Å². The third kappa shape index (κ3) is 0.735. The van der Waals surface area contributed by atoms with E-state index in [9.17, 15) is 4.79 Å². The lowest BCUT2D eigenvalue weighted by atomic mass is 10.1. The van der Waals surface area contributed by atoms with Crippen LogP contribution in [0, 0.1) is 5.92 Å². The summed E-state index contributed by atoms with van der Waals surface area (Å²) in [5, 5.41) is 0. The molecule has 1 rings (SSSR count). The van der Waals surface area contributed by atoms with Crippen molar-refractivity contribution < 1.29 is 9.53 Å². The first-order valence-electron chi connectivity index (χ1n) is 2.62. The molecule has 0 aromatic rings. The molecular weight excluding hydrogens is 104 g/mol. The predicted molar refractivity (Wildman–Crippen MR) is 29.2 cm³/mol. The molecule has 0 N–H and O–H groups in total. The normalized spacial score (nSPS) is 34.6. The summed E-state index contributed by atoms with van der Waals surface area (Å²) in [5.74, 6) is -0.0185. The standard InChI is InChI=1S/C6H8O2/c1-5-6(4-7)2-3-8-5/h2-6H,1H3/t5-,6-/m1/s1. The number of carbonyl (C=O) groups is 1. The fraction of sp³-hybridized carbons (Fsp3) is 0.500. The molecule has 0 aromatic carbocycles. The van der Waals surface area contributed by atoms with Gasteiger partial charge < -0.3 is 9.53 Å². The average Bonchev–Trinajstić information content (AvgIpc) is 2.14. The second-order valence-electron chi connectivity index (χ2n) is 1.88. The van der Waals surface area contributed by atoms with Crippen LogP contribution < -0.4 is 0 Å². The molecule has 0 bridgehead atoms. The van der Waals surface area contributed by atoms with Gasteiger partial charge in [0.05, 0.1) is 12.2 Å². The number of hydrogen-bond donors (Lipinski definition) is 0. The van der Waals surface area contributed by atoms with Gasteiger partial charge in [0, 0.05) is 0 Å². The lowest BCUT2D eigenvalue weighted by molar-refractivity contribution is -0.111. The van der Waals surface area contributed by atoms with E-state index in [1.54, 1.807) is 12.3 Å². The third-order valence-electron chi connectivity index (χ3n) is 1.29. The van der Waals surface area contributed by atoms with Crippen LogP contribution in [0.2, 0.25) is 0 Å². The van der Waals surface area contributed by atoms with Crippen LogP contribution in [0.3, 0.4) is 0 Å². The van der Waals surface area contributed by atoms with Gasteiger partial charge in [0.25, 0.3) is 0 Å². The Labute approximate surface area is 48.1 Å². The number of rotatable bonds is 1. The topological polar surface area (TPSA) is 26.3 Å². The number of carbonyl (C=O) groups excluding carboxylic acids is 1. The fourth-order valence-electron chi connectivity index (χ4n) is 0.663. The first kappa shape index (κ1) is 5.35. The van der Waals surface area contributed by atoms with E-state index in [0.29, 0.717) is 0 Å². The predicted octanol–water partition coefficient (Wildman–Crippen LogP) is 0.734. The molecule has 0 saturated carbocycles. The Balaban J connectivity index is 2.52. The largest absolute Gasteiger partial charge is 0.498 e. The van der Waals surface area contributed by atoms with Crippen LogP contribution in [0.5, 0.6) is 0 Å². The molecule has 0 spiro atoms. The van der Waals surface area contributed by atoms with Crippen molar-refractivity contribution in [3.8, 4) is 0 Å². The zero-order valence-electron chi connectivity index (χ0n) is 4.70. The highest BCUT2D eigenvalue weighted by Crippen LogP contribution is 2.13. The lowest BCUT2D eigenvalue weighted by Crippen LogP contribution is -2.12. The van der Waals surface area contributed by atoms with Gasteiger partial charge >= 0.3 is 0 Å². The molecule has 1 aliphatic rings. The highest BCUT2D eigenvalue weighted by molar-refractivity contribution is 5.58. The van der Waals surface area contributed by atoms with Crippen LogP contribution in [-0.4, -0.2) is 12.4 Å². The van der Waals surface area contributed by atoms with E-state index in [1.807, 2.05) is 6.92 Å². The Morgan fingerprint density at radius 2 is 2.50 bits per heavy atom. The van der Waals surface area contributed by atoms with Gasteiger partial charge in [-0.25, -0.2) is 0 Å². The monoisotopic (exact) mass is 112 g/mol. The molecule has 0 radical (unpaired) electrons. The molecule has 0 unspecified atom stereocenters. The highest BCUT2D eigenvalue weighted by atomic mass is 16.5. The molecule has 1 aliphatic heterocycles. The van der Waals surface area contributed by atoms with Gasteiger partial charge in [0.1, 0.15) is 12.4 Å². The first-order chi connectivity index (χ1) is 3.84. The molecule has 0 amide bonds. The lowest BCUT2D eigenvalue weighted by Gasteiger charge is -2.04. The van der Waals surface area contributed by atoms with Crippen molar-refractivity contribution in [3.05, 3.63) is 12.3 Å². The van der Waals surface area contributed by atoms with Crippen molar-refractivity contribution in [1.82, 2.24) is 0 Å². The van der Waals surface area contributed by atoms with Crippen LogP contribution in [0.1, 0.15) is 6.92 Å². The Kier molecular flexibility index (Phi) is 1.33. The quantitative estimate of drug-likeness (QED) is 0.467. The molecule has 44 valence electrons. The van der Waals surface area contributed by atoms with Gasteiger partial charge in [0.15, 0.2) is 0 Å². The third-order valence-corrected chi connectivity index (χ3v) is 1.29. The summed E-state index contributed by atoms with van der Waals surface area (Å²) in [6.07, 6.45) is 4.28. The molecule has 0 aliphatic carbocycles. The van der Waals surface area contributed by atoms with Crippen LogP contribution in [-0.2, 0) is 9.53 Å². The molecule has 2 atom stereocenters. The van der Waals surface area contributed by atoms with Crippen molar-refractivity contribution in [1.29, 1.82) is 0 Å². The zero-order valence-corrected chi connectivity index (χ0v) is 4.70. The van der Waals surface area contributed by atoms with E-state index in [1.165, 1.54) is 0 Å². The van der Waals surface area contributed by atoms with Crippen LogP contribution in [0.25, 0.3) is 0 Å². The zero-order chi connectivity index (χ0) is 5.98. The van der Waals surface area contributed by atoms with Gasteiger partial charge in [0.2, 0.25) is 0 Å². The first-order valence-corrected chi connectivity index (χ1v) is 2.62. The van der Waals surface area contributed by atoms with Gasteiger partial charge in [-0.1, -0.05) is 0 Å². The van der Waals surface area contributed by atoms with E-state index in [-0.39, 0.29) is 12.0 Å². The second-order valence-corrected chi connectivity index (χ2v) is 1.88. The van der Waals surface area contributed by atoms with E-state index in [4.69, 9.17) is 4.74 Å². The van der Waals surface area contributed by atoms with E-state index < -0.39 is 0 Å². The fourth-order valence-corrected chi connectivity index (χ4v) is 0.663. The molecule has 0 fully saturated rings. The molecule has 1 heterocycles. The maximum Gasteiger partial charge on any atom is 0.130 e. The minimum absolute atomic E-state index is 0.0185. The van der Waals surface area contributed by atoms with Gasteiger partial charge in [-0.3, -0.25) is 0 Å². The smallest absolute Gasteiger partial charge is 0.130 e. The minimum Gasteiger partial charge on any atom is -0.498 e. The number of hydrogen-bond acceptors (Lipinski definition) is 2. The molecule has 8 heavy (non-hydrogen) atoms. The Morgan fingerprint density at radius 3 is 2.75 bits per heavy atom. The molecule has 2 nitrogen and oxygen atoms in total. The van der Waals surface area contributed by atoms with Crippen LogP contribution in [0.4, 0.5) is 0 Å². The maximum atomic E-state index is 10.1. The van der Waals surface area contributed by atoms with Gasteiger partial charge in [-0.05, 0) is 13.0 Å². The second kappa shape index (κ2) is 1.99. The maximum absolute atomic E-state index is 10.1. The van der Waals surface area contributed by atoms with E-state index in [0.717, 1.165) is 6.29 Å². The SMILES string of the molecule is C[C@H]1OC=C[C@@H]1C=O. The van der Waals surface area contributed by atoms with Crippen LogP contribution in [0.15, 0.2) is 12.3 Å². The summed E-state index contributed by atoms with van der Waals surface area (Å²) in [5.41, 5.74) is 0. The van der Waals surface area contributed by atoms with Crippen molar-refractivity contribution in [3.63, 3.8) is 0 Å². The summed E-state index contributed by atoms with van der Waals surface area (Å²) < 4.78 is 4.94. The van der Waals surface area contributed by atoms with Crippen molar-refractivity contribution in [2.45, 2.75) is 13.0 Å². The van der Waals surface area contributed by atoms with Crippen molar-refractivity contribution in [2.75, 3.05) is 0 Å². The molecule has 0 saturated heterocycles. The molecular formula is C6H8O2. The molecule has 2 heteroatoms. The Bertz CT molecular complexity index is 118. The summed E-state index contributed by atoms with van der Waals surface area (Å²) in [6.45, 7) is 1.87. The van der Waals surface area contributed by atoms with E-state index in [2.05, 4.69) is 0 Å². The summed E-state index contributed by atoms with van der Waals surface area (Å²) in [6, 6.07) is 0. The Morgan fingerprint density at radius 1 is 1.75 bits per heavy atom.